The summed E-state index contributed by atoms with van der Waals surface area (Å²) < 4.78 is 17.9. The van der Waals surface area contributed by atoms with Gasteiger partial charge in [0.25, 0.3) is 0 Å². The van der Waals surface area contributed by atoms with Crippen LogP contribution in [0.15, 0.2) is 30.3 Å². The van der Waals surface area contributed by atoms with Crippen LogP contribution in [-0.2, 0) is 14.3 Å². The Balaban J connectivity index is 1.96. The Morgan fingerprint density at radius 1 is 1.17 bits per heavy atom. The van der Waals surface area contributed by atoms with E-state index in [1.54, 1.807) is 44.4 Å². The summed E-state index contributed by atoms with van der Waals surface area (Å²) in [7, 11) is 1.64. The molecule has 2 atom stereocenters. The second-order valence-corrected chi connectivity index (χ2v) is 6.89. The van der Waals surface area contributed by atoms with E-state index in [-0.39, 0.29) is 18.4 Å². The number of benzene rings is 1. The van der Waals surface area contributed by atoms with Crippen LogP contribution in [0, 0.1) is 25.2 Å². The minimum absolute atomic E-state index is 0.0879. The van der Waals surface area contributed by atoms with Crippen LogP contribution in [0.1, 0.15) is 47.2 Å². The highest BCUT2D eigenvalue weighted by Crippen LogP contribution is 2.21. The van der Waals surface area contributed by atoms with Crippen molar-refractivity contribution in [1.82, 2.24) is 4.57 Å². The number of nitriles is 1. The number of rotatable bonds is 9. The second-order valence-electron chi connectivity index (χ2n) is 6.89. The number of esters is 1. The van der Waals surface area contributed by atoms with Crippen LogP contribution < -0.4 is 4.74 Å². The van der Waals surface area contributed by atoms with Crippen LogP contribution >= 0.6 is 0 Å². The summed E-state index contributed by atoms with van der Waals surface area (Å²) in [5.74, 6) is -0.465. The molecule has 2 aromatic rings. The van der Waals surface area contributed by atoms with Gasteiger partial charge in [0.2, 0.25) is 5.78 Å². The molecule has 29 heavy (non-hydrogen) atoms. The highest BCUT2D eigenvalue weighted by molar-refractivity contribution is 5.99. The molecule has 0 saturated carbocycles. The molecule has 1 aromatic carbocycles. The molecule has 0 N–H and O–H groups in total. The third kappa shape index (κ3) is 5.46. The van der Waals surface area contributed by atoms with Gasteiger partial charge in [0, 0.05) is 24.1 Å². The van der Waals surface area contributed by atoms with Gasteiger partial charge in [0.1, 0.15) is 5.75 Å². The van der Waals surface area contributed by atoms with E-state index in [1.807, 2.05) is 31.4 Å². The van der Waals surface area contributed by atoms with Gasteiger partial charge in [-0.05, 0) is 58.0 Å². The van der Waals surface area contributed by atoms with Gasteiger partial charge < -0.3 is 18.8 Å². The minimum atomic E-state index is -0.884. The molecular formula is C22H26N2O5. The van der Waals surface area contributed by atoms with Crippen LogP contribution in [0.5, 0.6) is 5.75 Å². The first kappa shape index (κ1) is 22.2. The van der Waals surface area contributed by atoms with Gasteiger partial charge in [-0.2, -0.15) is 5.26 Å². The number of ketones is 1. The molecular weight excluding hydrogens is 372 g/mol. The summed E-state index contributed by atoms with van der Waals surface area (Å²) in [6.45, 7) is 7.52. The van der Waals surface area contributed by atoms with E-state index in [4.69, 9.17) is 19.5 Å². The van der Waals surface area contributed by atoms with Gasteiger partial charge in [0.15, 0.2) is 12.7 Å². The molecule has 0 aliphatic carbocycles. The number of ether oxygens (including phenoxy) is 3. The fraction of sp³-hybridized carbons (Fsp3) is 0.409. The van der Waals surface area contributed by atoms with E-state index in [9.17, 15) is 9.59 Å². The number of hydrogen-bond acceptors (Lipinski definition) is 6. The molecule has 0 aliphatic rings. The Morgan fingerprint density at radius 3 is 2.41 bits per heavy atom. The predicted octanol–water partition coefficient (Wildman–Crippen LogP) is 3.38. The van der Waals surface area contributed by atoms with Gasteiger partial charge in [-0.1, -0.05) is 0 Å². The van der Waals surface area contributed by atoms with E-state index in [0.29, 0.717) is 23.5 Å². The first-order chi connectivity index (χ1) is 13.8. The Bertz CT molecular complexity index is 909. The molecule has 0 radical (unpaired) electrons. The normalized spacial score (nSPS) is 12.7. The third-order valence-corrected chi connectivity index (χ3v) is 4.61. The largest absolute Gasteiger partial charge is 0.479 e. The molecule has 0 spiro atoms. The molecule has 0 unspecified atom stereocenters. The number of Topliss-reactive ketones (excluding diaryl/α,β-unsaturated/α-hetero) is 1. The topological polar surface area (TPSA) is 90.6 Å². The highest BCUT2D eigenvalue weighted by Gasteiger charge is 2.22. The molecule has 7 nitrogen and oxygen atoms in total. The number of aryl methyl sites for hydroxylation is 1. The average molecular weight is 398 g/mol. The zero-order valence-electron chi connectivity index (χ0n) is 17.4. The quantitative estimate of drug-likeness (QED) is 0.475. The first-order valence-corrected chi connectivity index (χ1v) is 9.32. The number of nitrogens with zero attached hydrogens (tertiary/aromatic N) is 2. The standard InChI is InChI=1S/C22H26N2O5/c1-14-10-20(16(3)24(14)15(2)12-27-5)21(25)13-28-22(26)17(4)29-19-8-6-18(11-23)7-9-19/h6-10,15,17H,12-13H2,1-5H3/t15-,17-/m0/s1. The second kappa shape index (κ2) is 9.89. The van der Waals surface area contributed by atoms with E-state index in [2.05, 4.69) is 0 Å². The van der Waals surface area contributed by atoms with Gasteiger partial charge in [-0.15, -0.1) is 0 Å². The van der Waals surface area contributed by atoms with Crippen molar-refractivity contribution in [2.45, 2.75) is 39.8 Å². The molecule has 0 bridgehead atoms. The van der Waals surface area contributed by atoms with Crippen molar-refractivity contribution in [2.75, 3.05) is 20.3 Å². The molecule has 0 saturated heterocycles. The van der Waals surface area contributed by atoms with Crippen LogP contribution in [0.2, 0.25) is 0 Å². The number of carbonyl (C=O) groups excluding carboxylic acids is 2. The van der Waals surface area contributed by atoms with Crippen LogP contribution in [-0.4, -0.2) is 42.7 Å². The molecule has 1 aromatic heterocycles. The maximum Gasteiger partial charge on any atom is 0.347 e. The maximum absolute atomic E-state index is 12.6. The van der Waals surface area contributed by atoms with Gasteiger partial charge in [-0.3, -0.25) is 4.79 Å². The lowest BCUT2D eigenvalue weighted by Crippen LogP contribution is -2.28. The van der Waals surface area contributed by atoms with Gasteiger partial charge >= 0.3 is 5.97 Å². The number of carbonyl (C=O) groups is 2. The lowest BCUT2D eigenvalue weighted by Gasteiger charge is -2.17. The van der Waals surface area contributed by atoms with Crippen LogP contribution in [0.25, 0.3) is 0 Å². The molecule has 0 fully saturated rings. The monoisotopic (exact) mass is 398 g/mol. The minimum Gasteiger partial charge on any atom is -0.479 e. The average Bonchev–Trinajstić information content (AvgIpc) is 3.00. The Labute approximate surface area is 170 Å². The first-order valence-electron chi connectivity index (χ1n) is 9.32. The van der Waals surface area contributed by atoms with E-state index < -0.39 is 12.1 Å². The Hall–Kier alpha value is -3.11. The zero-order valence-corrected chi connectivity index (χ0v) is 17.4. The number of methoxy groups -OCH3 is 1. The third-order valence-electron chi connectivity index (χ3n) is 4.61. The van der Waals surface area contributed by atoms with Crippen molar-refractivity contribution < 1.29 is 23.8 Å². The van der Waals surface area contributed by atoms with Crippen LogP contribution in [0.3, 0.4) is 0 Å². The van der Waals surface area contributed by atoms with Gasteiger partial charge in [-0.25, -0.2) is 4.79 Å². The Morgan fingerprint density at radius 2 is 1.83 bits per heavy atom. The van der Waals surface area contributed by atoms with Crippen molar-refractivity contribution >= 4 is 11.8 Å². The van der Waals surface area contributed by atoms with Gasteiger partial charge in [0.05, 0.1) is 24.3 Å². The summed E-state index contributed by atoms with van der Waals surface area (Å²) in [5.41, 5.74) is 2.78. The molecule has 2 rings (SSSR count). The van der Waals surface area contributed by atoms with Crippen molar-refractivity contribution in [1.29, 1.82) is 5.26 Å². The molecule has 0 aliphatic heterocycles. The Kier molecular flexibility index (Phi) is 7.57. The van der Waals surface area contributed by atoms with Crippen molar-refractivity contribution in [3.05, 3.63) is 52.8 Å². The maximum atomic E-state index is 12.6. The molecule has 154 valence electrons. The highest BCUT2D eigenvalue weighted by atomic mass is 16.6. The van der Waals surface area contributed by atoms with Crippen molar-refractivity contribution in [3.63, 3.8) is 0 Å². The van der Waals surface area contributed by atoms with E-state index >= 15 is 0 Å². The lowest BCUT2D eigenvalue weighted by atomic mass is 10.1. The van der Waals surface area contributed by atoms with E-state index in [1.165, 1.54) is 0 Å². The smallest absolute Gasteiger partial charge is 0.347 e. The summed E-state index contributed by atoms with van der Waals surface area (Å²) >= 11 is 0. The fourth-order valence-electron chi connectivity index (χ4n) is 3.25. The number of aromatic nitrogens is 1. The predicted molar refractivity (Wildman–Crippen MR) is 107 cm³/mol. The fourth-order valence-corrected chi connectivity index (χ4v) is 3.25. The summed E-state index contributed by atoms with van der Waals surface area (Å²) in [4.78, 5) is 24.8. The molecule has 0 amide bonds. The van der Waals surface area contributed by atoms with E-state index in [0.717, 1.165) is 11.4 Å². The van der Waals surface area contributed by atoms with Crippen molar-refractivity contribution in [3.8, 4) is 11.8 Å². The van der Waals surface area contributed by atoms with Crippen molar-refractivity contribution in [2.24, 2.45) is 0 Å². The summed E-state index contributed by atoms with van der Waals surface area (Å²) in [6, 6.07) is 10.3. The lowest BCUT2D eigenvalue weighted by molar-refractivity contribution is -0.149. The summed E-state index contributed by atoms with van der Waals surface area (Å²) in [5, 5.41) is 8.81. The molecule has 7 heteroatoms. The summed E-state index contributed by atoms with van der Waals surface area (Å²) in [6.07, 6.45) is -0.884. The van der Waals surface area contributed by atoms with Crippen LogP contribution in [0.4, 0.5) is 0 Å². The molecule has 1 heterocycles. The zero-order chi connectivity index (χ0) is 21.6. The number of hydrogen-bond donors (Lipinski definition) is 0. The SMILES string of the molecule is COC[C@H](C)n1c(C)cc(C(=O)COC(=O)[C@H](C)Oc2ccc(C#N)cc2)c1C.